The molecule has 2 atom stereocenters. The second kappa shape index (κ2) is 6.08. The van der Waals surface area contributed by atoms with Crippen molar-refractivity contribution in [2.45, 2.75) is 57.4 Å². The molecule has 1 saturated carbocycles. The van der Waals surface area contributed by atoms with Crippen LogP contribution in [0, 0.1) is 5.92 Å². The number of carboxylic acid groups (broad SMARTS) is 1. The summed E-state index contributed by atoms with van der Waals surface area (Å²) in [4.78, 5) is 13.7. The molecular formula is C18H25NO2. The summed E-state index contributed by atoms with van der Waals surface area (Å²) in [7, 11) is 0. The van der Waals surface area contributed by atoms with Crippen molar-refractivity contribution in [2.24, 2.45) is 5.92 Å². The number of benzene rings is 1. The fourth-order valence-corrected chi connectivity index (χ4v) is 4.00. The lowest BCUT2D eigenvalue weighted by molar-refractivity contribution is -0.141. The first-order chi connectivity index (χ1) is 10.2. The average Bonchev–Trinajstić information content (AvgIpc) is 2.87. The lowest BCUT2D eigenvalue weighted by atomic mass is 9.91. The summed E-state index contributed by atoms with van der Waals surface area (Å²) in [6.45, 7) is 2.83. The molecule has 3 heteroatoms. The average molecular weight is 287 g/mol. The number of hydrogen-bond donors (Lipinski definition) is 1. The number of fused-ring (bicyclic) bond motifs is 1. The van der Waals surface area contributed by atoms with Gasteiger partial charge in [0.15, 0.2) is 0 Å². The topological polar surface area (TPSA) is 40.5 Å². The maximum absolute atomic E-state index is 11.2. The third-order valence-corrected chi connectivity index (χ3v) is 5.18. The van der Waals surface area contributed by atoms with Gasteiger partial charge in [-0.2, -0.15) is 0 Å². The maximum Gasteiger partial charge on any atom is 0.306 e. The Morgan fingerprint density at radius 2 is 2.00 bits per heavy atom. The van der Waals surface area contributed by atoms with Crippen LogP contribution < -0.4 is 4.90 Å². The Bertz CT molecular complexity index is 508. The summed E-state index contributed by atoms with van der Waals surface area (Å²) < 4.78 is 0. The summed E-state index contributed by atoms with van der Waals surface area (Å²) in [6, 6.07) is 9.26. The van der Waals surface area contributed by atoms with Crippen molar-refractivity contribution < 1.29 is 9.90 Å². The predicted molar refractivity (Wildman–Crippen MR) is 84.8 cm³/mol. The molecule has 0 amide bonds. The predicted octanol–water partition coefficient (Wildman–Crippen LogP) is 4.03. The number of carboxylic acids is 1. The van der Waals surface area contributed by atoms with Crippen molar-refractivity contribution in [1.29, 1.82) is 0 Å². The fraction of sp³-hybridized carbons (Fsp3) is 0.611. The van der Waals surface area contributed by atoms with Crippen LogP contribution in [0.2, 0.25) is 0 Å². The third kappa shape index (κ3) is 2.92. The van der Waals surface area contributed by atoms with Crippen LogP contribution in [0.4, 0.5) is 5.69 Å². The normalized spacial score (nSPS) is 23.9. The number of nitrogens with zero attached hydrogens (tertiary/aromatic N) is 1. The summed E-state index contributed by atoms with van der Waals surface area (Å²) in [5.74, 6) is -0.577. The van der Waals surface area contributed by atoms with E-state index in [0.717, 1.165) is 13.0 Å². The molecule has 1 fully saturated rings. The Labute approximate surface area is 127 Å². The number of anilines is 1. The molecule has 114 valence electrons. The van der Waals surface area contributed by atoms with Gasteiger partial charge in [-0.15, -0.1) is 0 Å². The fourth-order valence-electron chi connectivity index (χ4n) is 4.00. The first-order valence-corrected chi connectivity index (χ1v) is 8.25. The van der Waals surface area contributed by atoms with Gasteiger partial charge in [0.25, 0.3) is 0 Å². The van der Waals surface area contributed by atoms with E-state index in [1.807, 2.05) is 6.92 Å². The molecule has 2 aliphatic rings. The molecule has 0 bridgehead atoms. The third-order valence-electron chi connectivity index (χ3n) is 5.18. The molecule has 0 radical (unpaired) electrons. The van der Waals surface area contributed by atoms with Gasteiger partial charge in [0.2, 0.25) is 0 Å². The standard InChI is InChI=1S/C18H25NO2/c1-13(18(20)21)11-14-12-19(15-7-3-2-4-8-15)17-10-6-5-9-16(14)17/h5-6,9-10,13-15H,2-4,7-8,11-12H2,1H3,(H,20,21). The molecule has 1 heterocycles. The van der Waals surface area contributed by atoms with Gasteiger partial charge in [0, 0.05) is 24.2 Å². The van der Waals surface area contributed by atoms with E-state index in [4.69, 9.17) is 0 Å². The lowest BCUT2D eigenvalue weighted by Gasteiger charge is -2.33. The maximum atomic E-state index is 11.2. The van der Waals surface area contributed by atoms with Crippen molar-refractivity contribution in [3.63, 3.8) is 0 Å². The van der Waals surface area contributed by atoms with E-state index in [9.17, 15) is 9.90 Å². The lowest BCUT2D eigenvalue weighted by Crippen LogP contribution is -2.36. The van der Waals surface area contributed by atoms with Crippen LogP contribution in [0.1, 0.15) is 56.9 Å². The number of carbonyl (C=O) groups is 1. The monoisotopic (exact) mass is 287 g/mol. The molecule has 3 rings (SSSR count). The first kappa shape index (κ1) is 14.4. The van der Waals surface area contributed by atoms with E-state index in [-0.39, 0.29) is 5.92 Å². The van der Waals surface area contributed by atoms with Crippen LogP contribution in [-0.2, 0) is 4.79 Å². The minimum Gasteiger partial charge on any atom is -0.481 e. The highest BCUT2D eigenvalue weighted by atomic mass is 16.4. The van der Waals surface area contributed by atoms with Crippen molar-refractivity contribution in [2.75, 3.05) is 11.4 Å². The molecule has 1 aliphatic carbocycles. The van der Waals surface area contributed by atoms with Crippen LogP contribution in [0.3, 0.4) is 0 Å². The Morgan fingerprint density at radius 1 is 1.29 bits per heavy atom. The molecule has 1 aliphatic heterocycles. The van der Waals surface area contributed by atoms with Gasteiger partial charge in [-0.25, -0.2) is 0 Å². The zero-order valence-electron chi connectivity index (χ0n) is 12.8. The molecule has 3 nitrogen and oxygen atoms in total. The van der Waals surface area contributed by atoms with Gasteiger partial charge < -0.3 is 10.0 Å². The SMILES string of the molecule is CC(CC1CN(C2CCCCC2)c2ccccc21)C(=O)O. The van der Waals surface area contributed by atoms with Crippen LogP contribution in [0.15, 0.2) is 24.3 Å². The number of aliphatic carboxylic acids is 1. The van der Waals surface area contributed by atoms with Gasteiger partial charge in [0.05, 0.1) is 5.92 Å². The van der Waals surface area contributed by atoms with Crippen molar-refractivity contribution in [3.05, 3.63) is 29.8 Å². The Hall–Kier alpha value is -1.51. The quantitative estimate of drug-likeness (QED) is 0.908. The zero-order valence-corrected chi connectivity index (χ0v) is 12.8. The second-order valence-electron chi connectivity index (χ2n) is 6.67. The smallest absolute Gasteiger partial charge is 0.306 e. The first-order valence-electron chi connectivity index (χ1n) is 8.25. The number of hydrogen-bond acceptors (Lipinski definition) is 2. The summed E-state index contributed by atoms with van der Waals surface area (Å²) in [6.07, 6.45) is 7.35. The molecule has 0 aromatic heterocycles. The molecule has 21 heavy (non-hydrogen) atoms. The van der Waals surface area contributed by atoms with Gasteiger partial charge in [0.1, 0.15) is 0 Å². The van der Waals surface area contributed by atoms with Gasteiger partial charge in [-0.05, 0) is 30.9 Å². The van der Waals surface area contributed by atoms with E-state index in [2.05, 4.69) is 29.2 Å². The Kier molecular flexibility index (Phi) is 4.18. The molecule has 0 spiro atoms. The molecule has 1 aromatic carbocycles. The van der Waals surface area contributed by atoms with Crippen LogP contribution in [0.25, 0.3) is 0 Å². The molecular weight excluding hydrogens is 262 g/mol. The molecule has 1 N–H and O–H groups in total. The Balaban J connectivity index is 1.80. The summed E-state index contributed by atoms with van der Waals surface area (Å²) in [5, 5.41) is 9.19. The van der Waals surface area contributed by atoms with Crippen LogP contribution >= 0.6 is 0 Å². The van der Waals surface area contributed by atoms with E-state index < -0.39 is 5.97 Å². The van der Waals surface area contributed by atoms with Crippen LogP contribution in [-0.4, -0.2) is 23.7 Å². The Morgan fingerprint density at radius 3 is 2.71 bits per heavy atom. The van der Waals surface area contributed by atoms with Crippen LogP contribution in [0.5, 0.6) is 0 Å². The zero-order chi connectivity index (χ0) is 14.8. The minimum absolute atomic E-state index is 0.269. The van der Waals surface area contributed by atoms with Gasteiger partial charge >= 0.3 is 5.97 Å². The second-order valence-corrected chi connectivity index (χ2v) is 6.67. The summed E-state index contributed by atoms with van der Waals surface area (Å²) >= 11 is 0. The van der Waals surface area contributed by atoms with Crippen molar-refractivity contribution in [3.8, 4) is 0 Å². The van der Waals surface area contributed by atoms with Gasteiger partial charge in [-0.3, -0.25) is 4.79 Å². The van der Waals surface area contributed by atoms with E-state index in [1.54, 1.807) is 0 Å². The highest BCUT2D eigenvalue weighted by Crippen LogP contribution is 2.42. The molecule has 2 unspecified atom stereocenters. The molecule has 1 aromatic rings. The highest BCUT2D eigenvalue weighted by molar-refractivity contribution is 5.70. The minimum atomic E-state index is -0.677. The number of rotatable bonds is 4. The number of para-hydroxylation sites is 1. The van der Waals surface area contributed by atoms with E-state index in [1.165, 1.54) is 43.4 Å². The van der Waals surface area contributed by atoms with Crippen molar-refractivity contribution in [1.82, 2.24) is 0 Å². The van der Waals surface area contributed by atoms with E-state index >= 15 is 0 Å². The highest BCUT2D eigenvalue weighted by Gasteiger charge is 2.34. The van der Waals surface area contributed by atoms with Crippen molar-refractivity contribution >= 4 is 11.7 Å². The molecule has 0 saturated heterocycles. The van der Waals surface area contributed by atoms with Gasteiger partial charge in [-0.1, -0.05) is 44.4 Å². The largest absolute Gasteiger partial charge is 0.481 e. The van der Waals surface area contributed by atoms with E-state index in [0.29, 0.717) is 12.0 Å². The summed E-state index contributed by atoms with van der Waals surface area (Å²) in [5.41, 5.74) is 2.71.